The van der Waals surface area contributed by atoms with Crippen LogP contribution in [0.2, 0.25) is 0 Å². The van der Waals surface area contributed by atoms with Gasteiger partial charge in [0.25, 0.3) is 0 Å². The van der Waals surface area contributed by atoms with E-state index in [-0.39, 0.29) is 0 Å². The molecule has 38 valence electrons. The van der Waals surface area contributed by atoms with Crippen molar-refractivity contribution in [3.63, 3.8) is 0 Å². The van der Waals surface area contributed by atoms with Crippen LogP contribution in [0.1, 0.15) is 6.92 Å². The van der Waals surface area contributed by atoms with Crippen molar-refractivity contribution in [3.05, 3.63) is 0 Å². The summed E-state index contributed by atoms with van der Waals surface area (Å²) in [5.74, 6) is 0. The van der Waals surface area contributed by atoms with Crippen LogP contribution in [0.5, 0.6) is 0 Å². The summed E-state index contributed by atoms with van der Waals surface area (Å²) in [6.07, 6.45) is 0. The Morgan fingerprint density at radius 1 is 1.83 bits per heavy atom. The van der Waals surface area contributed by atoms with Crippen molar-refractivity contribution in [2.24, 2.45) is 5.73 Å². The van der Waals surface area contributed by atoms with Crippen LogP contribution in [0, 0.1) is 0 Å². The van der Waals surface area contributed by atoms with E-state index >= 15 is 0 Å². The zero-order chi connectivity index (χ0) is 4.99. The second-order valence-electron chi connectivity index (χ2n) is 1.01. The van der Waals surface area contributed by atoms with Crippen molar-refractivity contribution in [2.75, 3.05) is 13.2 Å². The maximum Gasteiger partial charge on any atom is 0.0553 e. The molecule has 0 rings (SSSR count). The lowest BCUT2D eigenvalue weighted by Crippen LogP contribution is -2.19. The van der Waals surface area contributed by atoms with Gasteiger partial charge in [0, 0.05) is 6.54 Å². The van der Waals surface area contributed by atoms with Crippen LogP contribution < -0.4 is 5.73 Å². The Balaban J connectivity index is 2.75. The topological polar surface area (TPSA) is 29.3 Å². The molecule has 0 aliphatic carbocycles. The largest absolute Gasteiger partial charge is 0.318 e. The molecule has 0 atom stereocenters. The summed E-state index contributed by atoms with van der Waals surface area (Å²) in [6, 6.07) is 0. The van der Waals surface area contributed by atoms with Gasteiger partial charge < -0.3 is 5.73 Å². The molecule has 0 bridgehead atoms. The lowest BCUT2D eigenvalue weighted by Gasteiger charge is -2.05. The number of hydrogen-bond acceptors (Lipinski definition) is 3. The highest BCUT2D eigenvalue weighted by atomic mass is 32.1. The molecule has 3 heteroatoms. The van der Waals surface area contributed by atoms with Crippen LogP contribution in [0.15, 0.2) is 0 Å². The molecule has 0 spiro atoms. The molecule has 0 fully saturated rings. The minimum atomic E-state index is 0.527. The van der Waals surface area contributed by atoms with Gasteiger partial charge in [0.2, 0.25) is 0 Å². The smallest absolute Gasteiger partial charge is 0.0553 e. The summed E-state index contributed by atoms with van der Waals surface area (Å²) < 4.78 is 1.72. The fraction of sp³-hybridized carbons (Fsp3) is 1.00. The van der Waals surface area contributed by atoms with Gasteiger partial charge in [-0.2, -0.15) is 0 Å². The number of hydrogen-bond donors (Lipinski definition) is 2. The molecule has 0 unspecified atom stereocenters. The molecule has 0 aromatic carbocycles. The third kappa shape index (κ3) is 2.50. The minimum Gasteiger partial charge on any atom is -0.318 e. The Kier molecular flexibility index (Phi) is 3.62. The van der Waals surface area contributed by atoms with Crippen LogP contribution >= 0.6 is 12.8 Å². The molecule has 0 saturated carbocycles. The summed E-state index contributed by atoms with van der Waals surface area (Å²) in [5, 5.41) is 0. The summed E-state index contributed by atoms with van der Waals surface area (Å²) in [7, 11) is 0. The predicted octanol–water partition coefficient (Wildman–Crippen LogP) is 0.0693. The molecular weight excluding hydrogens is 96.1 g/mol. The molecule has 0 aliphatic heterocycles. The number of thiol groups is 1. The van der Waals surface area contributed by atoms with E-state index in [1.54, 1.807) is 4.31 Å². The zero-order valence-electron chi connectivity index (χ0n) is 3.89. The van der Waals surface area contributed by atoms with E-state index in [1.165, 1.54) is 0 Å². The Morgan fingerprint density at radius 2 is 2.33 bits per heavy atom. The molecule has 0 aromatic rings. The standard InChI is InChI=1S/C3H10N2S/c1-2-5(6)3-4/h6H,2-4H2,1H3. The van der Waals surface area contributed by atoms with Gasteiger partial charge >= 0.3 is 0 Å². The van der Waals surface area contributed by atoms with E-state index in [0.717, 1.165) is 6.54 Å². The highest BCUT2D eigenvalue weighted by Gasteiger charge is 1.83. The Morgan fingerprint density at radius 3 is 2.33 bits per heavy atom. The predicted molar refractivity (Wildman–Crippen MR) is 30.4 cm³/mol. The minimum absolute atomic E-state index is 0.527. The van der Waals surface area contributed by atoms with Crippen LogP contribution in [0.4, 0.5) is 0 Å². The monoisotopic (exact) mass is 106 g/mol. The average Bonchev–Trinajstić information content (AvgIpc) is 1.65. The van der Waals surface area contributed by atoms with Crippen LogP contribution in [0.3, 0.4) is 0 Å². The molecule has 2 N–H and O–H groups in total. The molecule has 0 amide bonds. The van der Waals surface area contributed by atoms with E-state index in [4.69, 9.17) is 5.73 Å². The summed E-state index contributed by atoms with van der Waals surface area (Å²) in [4.78, 5) is 0. The molecule has 2 nitrogen and oxygen atoms in total. The molecule has 6 heavy (non-hydrogen) atoms. The van der Waals surface area contributed by atoms with Crippen molar-refractivity contribution < 1.29 is 0 Å². The average molecular weight is 106 g/mol. The van der Waals surface area contributed by atoms with Gasteiger partial charge in [-0.15, -0.1) is 0 Å². The molecule has 0 aromatic heterocycles. The van der Waals surface area contributed by atoms with E-state index in [1.807, 2.05) is 6.92 Å². The Hall–Kier alpha value is 0.270. The SMILES string of the molecule is CCN(S)CN. The maximum absolute atomic E-state index is 5.13. The van der Waals surface area contributed by atoms with Gasteiger partial charge in [0.05, 0.1) is 6.67 Å². The maximum atomic E-state index is 5.13. The Bertz CT molecular complexity index is 28.0. The third-order valence-corrected chi connectivity index (χ3v) is 1.02. The van der Waals surface area contributed by atoms with Crippen molar-refractivity contribution in [1.29, 1.82) is 0 Å². The van der Waals surface area contributed by atoms with Gasteiger partial charge in [-0.1, -0.05) is 19.7 Å². The van der Waals surface area contributed by atoms with Gasteiger partial charge in [0.1, 0.15) is 0 Å². The van der Waals surface area contributed by atoms with Crippen LogP contribution in [-0.2, 0) is 0 Å². The van der Waals surface area contributed by atoms with Crippen molar-refractivity contribution in [1.82, 2.24) is 4.31 Å². The molecule has 0 saturated heterocycles. The van der Waals surface area contributed by atoms with Crippen LogP contribution in [0.25, 0.3) is 0 Å². The van der Waals surface area contributed by atoms with Gasteiger partial charge in [-0.25, -0.2) is 4.31 Å². The van der Waals surface area contributed by atoms with E-state index in [9.17, 15) is 0 Å². The lowest BCUT2D eigenvalue weighted by molar-refractivity contribution is 0.519. The second-order valence-corrected chi connectivity index (χ2v) is 1.57. The summed E-state index contributed by atoms with van der Waals surface area (Å²) in [5.41, 5.74) is 5.13. The van der Waals surface area contributed by atoms with Crippen molar-refractivity contribution in [2.45, 2.75) is 6.92 Å². The number of rotatable bonds is 2. The first kappa shape index (κ1) is 6.27. The highest BCUT2D eigenvalue weighted by molar-refractivity contribution is 7.77. The normalized spacial score (nSPS) is 10.0. The molecule has 0 heterocycles. The van der Waals surface area contributed by atoms with Crippen LogP contribution in [-0.4, -0.2) is 17.5 Å². The number of nitrogens with zero attached hydrogens (tertiary/aromatic N) is 1. The van der Waals surface area contributed by atoms with Gasteiger partial charge in [-0.3, -0.25) is 0 Å². The third-order valence-electron chi connectivity index (χ3n) is 0.576. The first-order valence-electron chi connectivity index (χ1n) is 1.95. The van der Waals surface area contributed by atoms with E-state index in [2.05, 4.69) is 12.8 Å². The Labute approximate surface area is 43.9 Å². The van der Waals surface area contributed by atoms with Crippen molar-refractivity contribution >= 4 is 12.8 Å². The number of nitrogens with two attached hydrogens (primary N) is 1. The molecular formula is C3H10N2S. The van der Waals surface area contributed by atoms with E-state index in [0.29, 0.717) is 6.67 Å². The quantitative estimate of drug-likeness (QED) is 0.385. The summed E-state index contributed by atoms with van der Waals surface area (Å²) >= 11 is 3.94. The lowest BCUT2D eigenvalue weighted by atomic mass is 10.8. The summed E-state index contributed by atoms with van der Waals surface area (Å²) in [6.45, 7) is 3.43. The van der Waals surface area contributed by atoms with Crippen molar-refractivity contribution in [3.8, 4) is 0 Å². The highest BCUT2D eigenvalue weighted by Crippen LogP contribution is 1.83. The fourth-order valence-corrected chi connectivity index (χ4v) is 0.129. The first-order valence-corrected chi connectivity index (χ1v) is 2.35. The second kappa shape index (κ2) is 3.46. The van der Waals surface area contributed by atoms with Gasteiger partial charge in [-0.05, 0) is 0 Å². The first-order chi connectivity index (χ1) is 2.81. The molecule has 0 radical (unpaired) electrons. The fourth-order valence-electron chi connectivity index (χ4n) is 0.129. The zero-order valence-corrected chi connectivity index (χ0v) is 4.78. The molecule has 0 aliphatic rings. The van der Waals surface area contributed by atoms with Gasteiger partial charge in [0.15, 0.2) is 0 Å². The van der Waals surface area contributed by atoms with E-state index < -0.39 is 0 Å².